The van der Waals surface area contributed by atoms with Crippen LogP contribution in [0, 0.1) is 17.3 Å². The van der Waals surface area contributed by atoms with Gasteiger partial charge in [0.25, 0.3) is 0 Å². The van der Waals surface area contributed by atoms with Crippen LogP contribution in [0.1, 0.15) is 56.6 Å². The predicted octanol–water partition coefficient (Wildman–Crippen LogP) is 4.94. The highest BCUT2D eigenvalue weighted by Gasteiger charge is 2.51. The van der Waals surface area contributed by atoms with Crippen molar-refractivity contribution in [1.82, 2.24) is 4.90 Å². The van der Waals surface area contributed by atoms with Crippen LogP contribution < -0.4 is 0 Å². The number of benzene rings is 1. The maximum absolute atomic E-state index is 4.48. The van der Waals surface area contributed by atoms with Crippen molar-refractivity contribution in [1.29, 1.82) is 0 Å². The highest BCUT2D eigenvalue weighted by atomic mass is 15.2. The number of hydrogen-bond acceptors (Lipinski definition) is 2. The van der Waals surface area contributed by atoms with E-state index in [1.54, 1.807) is 5.56 Å². The van der Waals surface area contributed by atoms with Crippen molar-refractivity contribution >= 4 is 12.3 Å². The summed E-state index contributed by atoms with van der Waals surface area (Å²) in [6.07, 6.45) is 15.4. The van der Waals surface area contributed by atoms with Crippen LogP contribution in [0.2, 0.25) is 0 Å². The van der Waals surface area contributed by atoms with Crippen molar-refractivity contribution in [3.8, 4) is 0 Å². The van der Waals surface area contributed by atoms with Gasteiger partial charge in [0, 0.05) is 36.7 Å². The van der Waals surface area contributed by atoms with Crippen molar-refractivity contribution in [3.05, 3.63) is 41.5 Å². The molecule has 0 amide bonds. The Hall–Kier alpha value is -1.41. The van der Waals surface area contributed by atoms with Gasteiger partial charge in [0.1, 0.15) is 0 Å². The number of rotatable bonds is 3. The summed E-state index contributed by atoms with van der Waals surface area (Å²) in [5.74, 6) is 1.61. The van der Waals surface area contributed by atoms with Gasteiger partial charge >= 0.3 is 0 Å². The quantitative estimate of drug-likeness (QED) is 0.706. The van der Waals surface area contributed by atoms with E-state index >= 15 is 0 Å². The van der Waals surface area contributed by atoms with Crippen LogP contribution in [-0.2, 0) is 5.41 Å². The minimum atomic E-state index is 0.282. The molecule has 2 saturated carbocycles. The largest absolute Gasteiger partial charge is 0.300 e. The number of aliphatic imine (C=N–C) groups is 1. The molecule has 1 saturated heterocycles. The lowest BCUT2D eigenvalue weighted by atomic mass is 9.67. The third kappa shape index (κ3) is 2.45. The fraction of sp³-hybridized carbons (Fsp3) is 0.625. The zero-order valence-electron chi connectivity index (χ0n) is 16.3. The molecular weight excluding hydrogens is 316 g/mol. The summed E-state index contributed by atoms with van der Waals surface area (Å²) in [5.41, 5.74) is 3.73. The molecule has 5 rings (SSSR count). The summed E-state index contributed by atoms with van der Waals surface area (Å²) in [4.78, 5) is 7.31. The molecule has 0 N–H and O–H groups in total. The summed E-state index contributed by atoms with van der Waals surface area (Å²) in [6.45, 7) is 4.97. The number of nitrogens with zero attached hydrogens (tertiary/aromatic N) is 2. The Kier molecular flexibility index (Phi) is 3.90. The standard InChI is InChI=1S/C24H32N2/c1-18-16-26(21-10-11-23(15-21,17-25-2)20-7-8-20)14-13-24(18)12-9-19-5-3-4-6-22(19)24/h3-6,9,12,17-18,20-21H,7-8,10-11,13-16H2,1-2H3/t18-,21?,23?,24-/m0/s1. The van der Waals surface area contributed by atoms with Gasteiger partial charge in [0.15, 0.2) is 0 Å². The number of likely N-dealkylation sites (tertiary alicyclic amines) is 1. The maximum atomic E-state index is 4.48. The number of fused-ring (bicyclic) bond motifs is 2. The van der Waals surface area contributed by atoms with Crippen molar-refractivity contribution in [2.24, 2.45) is 22.2 Å². The molecule has 2 unspecified atom stereocenters. The van der Waals surface area contributed by atoms with Crippen molar-refractivity contribution in [3.63, 3.8) is 0 Å². The Balaban J connectivity index is 1.32. The molecule has 1 aromatic carbocycles. The molecular formula is C24H32N2. The van der Waals surface area contributed by atoms with E-state index in [1.807, 2.05) is 7.05 Å². The van der Waals surface area contributed by atoms with Crippen molar-refractivity contribution in [2.75, 3.05) is 20.1 Å². The normalized spacial score (nSPS) is 39.9. The first-order valence-corrected chi connectivity index (χ1v) is 10.6. The Labute approximate surface area is 158 Å². The smallest absolute Gasteiger partial charge is 0.0273 e. The fourth-order valence-corrected chi connectivity index (χ4v) is 6.45. The van der Waals surface area contributed by atoms with Crippen LogP contribution in [0.5, 0.6) is 0 Å². The first-order chi connectivity index (χ1) is 12.7. The maximum Gasteiger partial charge on any atom is 0.0273 e. The summed E-state index contributed by atoms with van der Waals surface area (Å²) >= 11 is 0. The van der Waals surface area contributed by atoms with Gasteiger partial charge in [-0.3, -0.25) is 0 Å². The van der Waals surface area contributed by atoms with E-state index in [0.717, 1.165) is 12.0 Å². The van der Waals surface area contributed by atoms with E-state index in [1.165, 1.54) is 57.2 Å². The molecule has 26 heavy (non-hydrogen) atoms. The van der Waals surface area contributed by atoms with Crippen LogP contribution in [-0.4, -0.2) is 37.3 Å². The van der Waals surface area contributed by atoms with Crippen molar-refractivity contribution in [2.45, 2.75) is 56.9 Å². The van der Waals surface area contributed by atoms with Crippen LogP contribution >= 0.6 is 0 Å². The Bertz CT molecular complexity index is 746. The zero-order valence-corrected chi connectivity index (χ0v) is 16.3. The topological polar surface area (TPSA) is 15.6 Å². The van der Waals surface area contributed by atoms with Gasteiger partial charge in [0.05, 0.1) is 0 Å². The second-order valence-electron chi connectivity index (χ2n) is 9.40. The molecule has 3 aliphatic carbocycles. The lowest BCUT2D eigenvalue weighted by Gasteiger charge is -2.46. The molecule has 1 aromatic rings. The molecule has 1 aliphatic heterocycles. The van der Waals surface area contributed by atoms with E-state index in [4.69, 9.17) is 0 Å². The second-order valence-corrected chi connectivity index (χ2v) is 9.40. The predicted molar refractivity (Wildman–Crippen MR) is 110 cm³/mol. The lowest BCUT2D eigenvalue weighted by molar-refractivity contribution is 0.0864. The molecule has 0 radical (unpaired) electrons. The molecule has 0 bridgehead atoms. The van der Waals surface area contributed by atoms with Gasteiger partial charge in [-0.15, -0.1) is 0 Å². The molecule has 1 spiro atoms. The van der Waals surface area contributed by atoms with Crippen molar-refractivity contribution < 1.29 is 0 Å². The third-order valence-electron chi connectivity index (χ3n) is 8.07. The summed E-state index contributed by atoms with van der Waals surface area (Å²) in [5, 5.41) is 0. The second kappa shape index (κ2) is 6.05. The number of allylic oxidation sites excluding steroid dienone is 1. The summed E-state index contributed by atoms with van der Waals surface area (Å²) < 4.78 is 0. The molecule has 3 fully saturated rings. The van der Waals surface area contributed by atoms with E-state index in [2.05, 4.69) is 59.4 Å². The molecule has 138 valence electrons. The molecule has 2 nitrogen and oxygen atoms in total. The van der Waals surface area contributed by atoms with Crippen LogP contribution in [0.15, 0.2) is 35.3 Å². The average molecular weight is 349 g/mol. The first-order valence-electron chi connectivity index (χ1n) is 10.6. The summed E-state index contributed by atoms with van der Waals surface area (Å²) in [6, 6.07) is 9.82. The van der Waals surface area contributed by atoms with E-state index in [-0.39, 0.29) is 5.41 Å². The van der Waals surface area contributed by atoms with E-state index in [0.29, 0.717) is 11.3 Å². The SMILES string of the molecule is CN=CC1(C2CC2)CCC(N2CC[C@@]3(C=Cc4ccccc43)[C@@H](C)C2)C1. The van der Waals surface area contributed by atoms with E-state index < -0.39 is 0 Å². The highest BCUT2D eigenvalue weighted by molar-refractivity contribution is 5.68. The zero-order chi connectivity index (χ0) is 17.8. The lowest BCUT2D eigenvalue weighted by Crippen LogP contribution is -2.50. The minimum absolute atomic E-state index is 0.282. The third-order valence-corrected chi connectivity index (χ3v) is 8.07. The van der Waals surface area contributed by atoms with Crippen LogP contribution in [0.25, 0.3) is 6.08 Å². The Morgan fingerprint density at radius 2 is 2.00 bits per heavy atom. The first kappa shape index (κ1) is 16.7. The molecule has 1 heterocycles. The highest BCUT2D eigenvalue weighted by Crippen LogP contribution is 2.55. The van der Waals surface area contributed by atoms with Gasteiger partial charge in [-0.1, -0.05) is 43.3 Å². The van der Waals surface area contributed by atoms with Gasteiger partial charge < -0.3 is 9.89 Å². The Morgan fingerprint density at radius 3 is 2.77 bits per heavy atom. The van der Waals surface area contributed by atoms with Gasteiger partial charge in [-0.2, -0.15) is 0 Å². The average Bonchev–Trinajstić information content (AvgIpc) is 3.34. The van der Waals surface area contributed by atoms with Gasteiger partial charge in [-0.25, -0.2) is 0 Å². The van der Waals surface area contributed by atoms with Crippen LogP contribution in [0.4, 0.5) is 0 Å². The molecule has 4 aliphatic rings. The Morgan fingerprint density at radius 1 is 1.15 bits per heavy atom. The molecule has 4 atom stereocenters. The van der Waals surface area contributed by atoms with Gasteiger partial charge in [0.2, 0.25) is 0 Å². The summed E-state index contributed by atoms with van der Waals surface area (Å²) in [7, 11) is 1.97. The van der Waals surface area contributed by atoms with Crippen LogP contribution in [0.3, 0.4) is 0 Å². The number of piperidine rings is 1. The number of hydrogen-bond donors (Lipinski definition) is 0. The minimum Gasteiger partial charge on any atom is -0.300 e. The monoisotopic (exact) mass is 348 g/mol. The van der Waals surface area contributed by atoms with Gasteiger partial charge in [-0.05, 0) is 68.0 Å². The fourth-order valence-electron chi connectivity index (χ4n) is 6.45. The molecule has 2 heteroatoms. The molecule has 0 aromatic heterocycles. The van der Waals surface area contributed by atoms with E-state index in [9.17, 15) is 0 Å².